The fourth-order valence-electron chi connectivity index (χ4n) is 3.49. The number of aromatic nitrogens is 2. The number of ether oxygens (including phenoxy) is 2. The number of H-pyrrole nitrogens is 1. The van der Waals surface area contributed by atoms with Crippen LogP contribution in [-0.2, 0) is 0 Å². The van der Waals surface area contributed by atoms with Gasteiger partial charge in [0, 0.05) is 12.1 Å². The Balaban J connectivity index is 1.46. The third-order valence-electron chi connectivity index (χ3n) is 4.94. The van der Waals surface area contributed by atoms with Crippen molar-refractivity contribution in [3.05, 3.63) is 42.5 Å². The van der Waals surface area contributed by atoms with Crippen LogP contribution in [0.4, 0.5) is 0 Å². The van der Waals surface area contributed by atoms with Crippen molar-refractivity contribution in [1.82, 2.24) is 14.9 Å². The van der Waals surface area contributed by atoms with Gasteiger partial charge in [-0.05, 0) is 56.3 Å². The first kappa shape index (κ1) is 16.9. The molecule has 5 nitrogen and oxygen atoms in total. The van der Waals surface area contributed by atoms with E-state index in [1.165, 1.54) is 32.4 Å². The molecule has 0 atom stereocenters. The topological polar surface area (TPSA) is 50.4 Å². The van der Waals surface area contributed by atoms with Crippen molar-refractivity contribution in [3.63, 3.8) is 0 Å². The Kier molecular flexibility index (Phi) is 5.07. The first-order valence-electron chi connectivity index (χ1n) is 9.32. The molecule has 1 fully saturated rings. The van der Waals surface area contributed by atoms with E-state index in [9.17, 15) is 0 Å². The number of imidazole rings is 1. The molecule has 1 aliphatic heterocycles. The van der Waals surface area contributed by atoms with Gasteiger partial charge in [0.2, 0.25) is 0 Å². The molecular weight excluding hydrogens is 326 g/mol. The van der Waals surface area contributed by atoms with E-state index in [2.05, 4.69) is 14.9 Å². The van der Waals surface area contributed by atoms with E-state index in [-0.39, 0.29) is 0 Å². The zero-order valence-electron chi connectivity index (χ0n) is 15.2. The number of benzene rings is 2. The molecule has 2 heterocycles. The van der Waals surface area contributed by atoms with Gasteiger partial charge in [-0.1, -0.05) is 18.6 Å². The van der Waals surface area contributed by atoms with Gasteiger partial charge in [0.1, 0.15) is 12.4 Å². The van der Waals surface area contributed by atoms with Gasteiger partial charge in [0.25, 0.3) is 0 Å². The van der Waals surface area contributed by atoms with E-state index < -0.39 is 0 Å². The van der Waals surface area contributed by atoms with Crippen LogP contribution in [0.1, 0.15) is 19.3 Å². The number of piperidine rings is 1. The van der Waals surface area contributed by atoms with Crippen LogP contribution in [0.3, 0.4) is 0 Å². The predicted octanol–water partition coefficient (Wildman–Crippen LogP) is 4.10. The molecular formula is C21H25N3O2. The van der Waals surface area contributed by atoms with E-state index in [1.807, 2.05) is 42.5 Å². The van der Waals surface area contributed by atoms with Crippen molar-refractivity contribution in [2.45, 2.75) is 19.3 Å². The smallest absolute Gasteiger partial charge is 0.161 e. The van der Waals surface area contributed by atoms with Crippen LogP contribution < -0.4 is 9.47 Å². The molecule has 0 spiro atoms. The molecule has 1 N–H and O–H groups in total. The van der Waals surface area contributed by atoms with Crippen LogP contribution in [0.2, 0.25) is 0 Å². The number of methoxy groups -OCH3 is 1. The first-order chi connectivity index (χ1) is 12.8. The molecule has 0 unspecified atom stereocenters. The summed E-state index contributed by atoms with van der Waals surface area (Å²) in [5.41, 5.74) is 2.98. The molecule has 1 aromatic heterocycles. The normalized spacial score (nSPS) is 15.3. The summed E-state index contributed by atoms with van der Waals surface area (Å²) < 4.78 is 11.5. The third-order valence-corrected chi connectivity index (χ3v) is 4.94. The highest BCUT2D eigenvalue weighted by atomic mass is 16.5. The average Bonchev–Trinajstić information content (AvgIpc) is 3.13. The second-order valence-electron chi connectivity index (χ2n) is 6.72. The third kappa shape index (κ3) is 3.68. The lowest BCUT2D eigenvalue weighted by molar-refractivity contribution is 0.180. The van der Waals surface area contributed by atoms with Gasteiger partial charge in [0.05, 0.1) is 18.1 Å². The lowest BCUT2D eigenvalue weighted by atomic mass is 10.1. The monoisotopic (exact) mass is 351 g/mol. The van der Waals surface area contributed by atoms with Gasteiger partial charge >= 0.3 is 0 Å². The molecule has 0 saturated carbocycles. The predicted molar refractivity (Wildman–Crippen MR) is 104 cm³/mol. The highest BCUT2D eigenvalue weighted by Gasteiger charge is 2.12. The fourth-order valence-corrected chi connectivity index (χ4v) is 3.49. The van der Waals surface area contributed by atoms with Crippen LogP contribution >= 0.6 is 0 Å². The lowest BCUT2D eigenvalue weighted by Crippen LogP contribution is -2.33. The molecule has 1 saturated heterocycles. The molecule has 0 aliphatic carbocycles. The minimum absolute atomic E-state index is 0.681. The molecule has 3 aromatic rings. The maximum atomic E-state index is 5.98. The van der Waals surface area contributed by atoms with Gasteiger partial charge in [-0.25, -0.2) is 4.98 Å². The Morgan fingerprint density at radius 2 is 1.88 bits per heavy atom. The van der Waals surface area contributed by atoms with E-state index >= 15 is 0 Å². The Bertz CT molecular complexity index is 836. The second-order valence-corrected chi connectivity index (χ2v) is 6.72. The summed E-state index contributed by atoms with van der Waals surface area (Å²) in [6.45, 7) is 4.02. The molecule has 2 aromatic carbocycles. The number of hydrogen-bond acceptors (Lipinski definition) is 4. The van der Waals surface area contributed by atoms with Crippen molar-refractivity contribution in [1.29, 1.82) is 0 Å². The number of nitrogens with zero attached hydrogens (tertiary/aromatic N) is 2. The largest absolute Gasteiger partial charge is 0.493 e. The van der Waals surface area contributed by atoms with E-state index in [4.69, 9.17) is 9.47 Å². The van der Waals surface area contributed by atoms with Crippen molar-refractivity contribution in [3.8, 4) is 22.9 Å². The summed E-state index contributed by atoms with van der Waals surface area (Å²) in [4.78, 5) is 10.5. The summed E-state index contributed by atoms with van der Waals surface area (Å²) in [5.74, 6) is 2.36. The summed E-state index contributed by atoms with van der Waals surface area (Å²) >= 11 is 0. The molecule has 0 radical (unpaired) electrons. The maximum Gasteiger partial charge on any atom is 0.161 e. The van der Waals surface area contributed by atoms with Crippen LogP contribution in [-0.4, -0.2) is 48.2 Å². The van der Waals surface area contributed by atoms with Gasteiger partial charge in [0.15, 0.2) is 11.5 Å². The minimum Gasteiger partial charge on any atom is -0.493 e. The lowest BCUT2D eigenvalue weighted by Gasteiger charge is -2.26. The van der Waals surface area contributed by atoms with Crippen molar-refractivity contribution in [2.24, 2.45) is 0 Å². The number of likely N-dealkylation sites (tertiary alicyclic amines) is 1. The van der Waals surface area contributed by atoms with E-state index in [0.717, 1.165) is 40.5 Å². The SMILES string of the molecule is COc1cc(-c2nc3ccccc3[nH]2)ccc1OCCN1CCCCC1. The zero-order chi connectivity index (χ0) is 17.8. The number of rotatable bonds is 6. The molecule has 26 heavy (non-hydrogen) atoms. The summed E-state index contributed by atoms with van der Waals surface area (Å²) in [7, 11) is 1.68. The van der Waals surface area contributed by atoms with Gasteiger partial charge in [-0.15, -0.1) is 0 Å². The zero-order valence-corrected chi connectivity index (χ0v) is 15.2. The number of nitrogens with one attached hydrogen (secondary N) is 1. The second kappa shape index (κ2) is 7.79. The van der Waals surface area contributed by atoms with Crippen LogP contribution in [0.5, 0.6) is 11.5 Å². The number of hydrogen-bond donors (Lipinski definition) is 1. The number of fused-ring (bicyclic) bond motifs is 1. The fraction of sp³-hybridized carbons (Fsp3) is 0.381. The quantitative estimate of drug-likeness (QED) is 0.726. The van der Waals surface area contributed by atoms with E-state index in [1.54, 1.807) is 7.11 Å². The molecule has 0 amide bonds. The van der Waals surface area contributed by atoms with Gasteiger partial charge in [-0.3, -0.25) is 4.90 Å². The summed E-state index contributed by atoms with van der Waals surface area (Å²) in [5, 5.41) is 0. The summed E-state index contributed by atoms with van der Waals surface area (Å²) in [6, 6.07) is 14.0. The van der Waals surface area contributed by atoms with Crippen molar-refractivity contribution < 1.29 is 9.47 Å². The molecule has 1 aliphatic rings. The highest BCUT2D eigenvalue weighted by molar-refractivity contribution is 5.79. The van der Waals surface area contributed by atoms with Crippen LogP contribution in [0.15, 0.2) is 42.5 Å². The Morgan fingerprint density at radius 3 is 2.69 bits per heavy atom. The average molecular weight is 351 g/mol. The van der Waals surface area contributed by atoms with Gasteiger partial charge < -0.3 is 14.5 Å². The molecule has 136 valence electrons. The van der Waals surface area contributed by atoms with Gasteiger partial charge in [-0.2, -0.15) is 0 Å². The Morgan fingerprint density at radius 1 is 1.04 bits per heavy atom. The highest BCUT2D eigenvalue weighted by Crippen LogP contribution is 2.32. The maximum absolute atomic E-state index is 5.98. The molecule has 4 rings (SSSR count). The Hall–Kier alpha value is -2.53. The minimum atomic E-state index is 0.681. The van der Waals surface area contributed by atoms with Crippen LogP contribution in [0.25, 0.3) is 22.4 Å². The van der Waals surface area contributed by atoms with Crippen LogP contribution in [0, 0.1) is 0 Å². The number of para-hydroxylation sites is 2. The standard InChI is InChI=1S/C21H25N3O2/c1-25-20-15-16(21-22-17-7-3-4-8-18(17)23-21)9-10-19(20)26-14-13-24-11-5-2-6-12-24/h3-4,7-10,15H,2,5-6,11-14H2,1H3,(H,22,23). The first-order valence-corrected chi connectivity index (χ1v) is 9.32. The molecule has 0 bridgehead atoms. The summed E-state index contributed by atoms with van der Waals surface area (Å²) in [6.07, 6.45) is 3.96. The molecule has 5 heteroatoms. The van der Waals surface area contributed by atoms with Crippen molar-refractivity contribution >= 4 is 11.0 Å². The van der Waals surface area contributed by atoms with E-state index in [0.29, 0.717) is 6.61 Å². The van der Waals surface area contributed by atoms with Crippen molar-refractivity contribution in [2.75, 3.05) is 33.4 Å². The Labute approximate surface area is 153 Å². The number of aromatic amines is 1.